The van der Waals surface area contributed by atoms with Gasteiger partial charge in [0.05, 0.1) is 0 Å². The lowest BCUT2D eigenvalue weighted by Crippen LogP contribution is -2.46. The summed E-state index contributed by atoms with van der Waals surface area (Å²) in [6, 6.07) is 4.32. The maximum absolute atomic E-state index is 13.7. The smallest absolute Gasteiger partial charge is 0.224 e. The average molecular weight is 280 g/mol. The normalized spacial score (nSPS) is 29.0. The third kappa shape index (κ3) is 2.68. The monoisotopic (exact) mass is 280 g/mol. The van der Waals surface area contributed by atoms with Crippen LogP contribution in [0.3, 0.4) is 0 Å². The molecular formula is C15H18F2N2O. The standard InChI is InChI=1S/C15H18F2N2O/c16-13-5-1-4-10(14(13)17)11-7-12(11)15(20)19-9-3-2-6-18-8-9/h1,4-5,9,11-12,18H,2-3,6-8H2,(H,19,20). The number of benzene rings is 1. The first kappa shape index (κ1) is 13.5. The minimum atomic E-state index is -0.843. The Bertz CT molecular complexity index is 515. The number of piperidine rings is 1. The van der Waals surface area contributed by atoms with Crippen molar-refractivity contribution in [2.45, 2.75) is 31.2 Å². The SMILES string of the molecule is O=C(NC1CCCNC1)C1CC1c1cccc(F)c1F. The van der Waals surface area contributed by atoms with Crippen LogP contribution in [0.1, 0.15) is 30.7 Å². The zero-order chi connectivity index (χ0) is 14.1. The van der Waals surface area contributed by atoms with Crippen molar-refractivity contribution in [2.75, 3.05) is 13.1 Å². The Balaban J connectivity index is 1.60. The molecule has 1 aliphatic carbocycles. The van der Waals surface area contributed by atoms with Gasteiger partial charge < -0.3 is 10.6 Å². The molecule has 1 aromatic rings. The molecule has 1 saturated heterocycles. The first-order valence-electron chi connectivity index (χ1n) is 7.12. The van der Waals surface area contributed by atoms with Gasteiger partial charge in [-0.2, -0.15) is 0 Å². The van der Waals surface area contributed by atoms with Gasteiger partial charge >= 0.3 is 0 Å². The van der Waals surface area contributed by atoms with Gasteiger partial charge in [0.1, 0.15) is 0 Å². The third-order valence-electron chi connectivity index (χ3n) is 4.15. The summed E-state index contributed by atoms with van der Waals surface area (Å²) in [4.78, 5) is 12.1. The number of carbonyl (C=O) groups excluding carboxylic acids is 1. The Morgan fingerprint density at radius 2 is 2.20 bits per heavy atom. The maximum atomic E-state index is 13.7. The highest BCUT2D eigenvalue weighted by atomic mass is 19.2. The van der Waals surface area contributed by atoms with Crippen LogP contribution in [0.2, 0.25) is 0 Å². The number of nitrogens with one attached hydrogen (secondary N) is 2. The minimum absolute atomic E-state index is 0.0349. The van der Waals surface area contributed by atoms with Gasteiger partial charge in [0.2, 0.25) is 5.91 Å². The third-order valence-corrected chi connectivity index (χ3v) is 4.15. The van der Waals surface area contributed by atoms with E-state index in [1.165, 1.54) is 6.07 Å². The molecule has 3 unspecified atom stereocenters. The molecule has 108 valence electrons. The Kier molecular flexibility index (Phi) is 3.70. The highest BCUT2D eigenvalue weighted by molar-refractivity contribution is 5.83. The predicted octanol–water partition coefficient (Wildman–Crippen LogP) is 1.94. The Morgan fingerprint density at radius 1 is 1.35 bits per heavy atom. The predicted molar refractivity (Wildman–Crippen MR) is 71.2 cm³/mol. The summed E-state index contributed by atoms with van der Waals surface area (Å²) in [6.07, 6.45) is 2.63. The topological polar surface area (TPSA) is 41.1 Å². The molecule has 1 saturated carbocycles. The van der Waals surface area contributed by atoms with Crippen molar-refractivity contribution in [3.63, 3.8) is 0 Å². The molecule has 3 nitrogen and oxygen atoms in total. The van der Waals surface area contributed by atoms with E-state index in [9.17, 15) is 13.6 Å². The fourth-order valence-corrected chi connectivity index (χ4v) is 2.92. The van der Waals surface area contributed by atoms with Gasteiger partial charge in [0, 0.05) is 18.5 Å². The number of hydrogen-bond donors (Lipinski definition) is 2. The van der Waals surface area contributed by atoms with E-state index in [0.29, 0.717) is 12.0 Å². The Labute approximate surface area is 116 Å². The maximum Gasteiger partial charge on any atom is 0.224 e. The van der Waals surface area contributed by atoms with Crippen LogP contribution in [0, 0.1) is 17.6 Å². The van der Waals surface area contributed by atoms with Crippen molar-refractivity contribution in [1.82, 2.24) is 10.6 Å². The first-order chi connectivity index (χ1) is 9.66. The fraction of sp³-hybridized carbons (Fsp3) is 0.533. The largest absolute Gasteiger partial charge is 0.352 e. The van der Waals surface area contributed by atoms with Crippen molar-refractivity contribution in [3.05, 3.63) is 35.4 Å². The van der Waals surface area contributed by atoms with Gasteiger partial charge in [-0.25, -0.2) is 8.78 Å². The summed E-state index contributed by atoms with van der Waals surface area (Å²) in [5.74, 6) is -2.08. The summed E-state index contributed by atoms with van der Waals surface area (Å²) >= 11 is 0. The molecule has 0 aromatic heterocycles. The van der Waals surface area contributed by atoms with Crippen molar-refractivity contribution >= 4 is 5.91 Å². The molecule has 1 aromatic carbocycles. The number of hydrogen-bond acceptors (Lipinski definition) is 2. The van der Waals surface area contributed by atoms with E-state index in [0.717, 1.165) is 32.0 Å². The quantitative estimate of drug-likeness (QED) is 0.888. The van der Waals surface area contributed by atoms with Crippen LogP contribution in [0.5, 0.6) is 0 Å². The number of rotatable bonds is 3. The lowest BCUT2D eigenvalue weighted by molar-refractivity contribution is -0.123. The van der Waals surface area contributed by atoms with Gasteiger partial charge in [-0.15, -0.1) is 0 Å². The van der Waals surface area contributed by atoms with Crippen LogP contribution in [0.25, 0.3) is 0 Å². The molecule has 0 spiro atoms. The Hall–Kier alpha value is -1.49. The van der Waals surface area contributed by atoms with Crippen molar-refractivity contribution in [2.24, 2.45) is 5.92 Å². The van der Waals surface area contributed by atoms with E-state index in [2.05, 4.69) is 10.6 Å². The highest BCUT2D eigenvalue weighted by Crippen LogP contribution is 2.48. The summed E-state index contributed by atoms with van der Waals surface area (Å²) < 4.78 is 26.9. The van der Waals surface area contributed by atoms with E-state index in [1.807, 2.05) is 0 Å². The van der Waals surface area contributed by atoms with Crippen molar-refractivity contribution in [3.8, 4) is 0 Å². The average Bonchev–Trinajstić information content (AvgIpc) is 3.23. The van der Waals surface area contributed by atoms with Gasteiger partial charge in [0.25, 0.3) is 0 Å². The molecule has 20 heavy (non-hydrogen) atoms. The van der Waals surface area contributed by atoms with Crippen LogP contribution >= 0.6 is 0 Å². The summed E-state index contributed by atoms with van der Waals surface area (Å²) in [5.41, 5.74) is 0.326. The van der Waals surface area contributed by atoms with Crippen molar-refractivity contribution < 1.29 is 13.6 Å². The van der Waals surface area contributed by atoms with E-state index < -0.39 is 11.6 Å². The fourth-order valence-electron chi connectivity index (χ4n) is 2.92. The van der Waals surface area contributed by atoms with E-state index >= 15 is 0 Å². The van der Waals surface area contributed by atoms with Crippen LogP contribution in [0.15, 0.2) is 18.2 Å². The first-order valence-corrected chi connectivity index (χ1v) is 7.12. The highest BCUT2D eigenvalue weighted by Gasteiger charge is 2.45. The summed E-state index contributed by atoms with van der Waals surface area (Å²) in [6.45, 7) is 1.78. The van der Waals surface area contributed by atoms with E-state index in [1.54, 1.807) is 6.07 Å². The molecule has 0 bridgehead atoms. The van der Waals surface area contributed by atoms with Crippen LogP contribution in [0.4, 0.5) is 8.78 Å². The number of halogens is 2. The second kappa shape index (κ2) is 5.48. The number of carbonyl (C=O) groups is 1. The van der Waals surface area contributed by atoms with E-state index in [4.69, 9.17) is 0 Å². The van der Waals surface area contributed by atoms with Gasteiger partial charge in [0.15, 0.2) is 11.6 Å². The molecular weight excluding hydrogens is 262 g/mol. The summed E-state index contributed by atoms with van der Waals surface area (Å²) in [5, 5.41) is 6.23. The molecule has 1 heterocycles. The lowest BCUT2D eigenvalue weighted by Gasteiger charge is -2.23. The van der Waals surface area contributed by atoms with Crippen LogP contribution in [-0.4, -0.2) is 25.0 Å². The summed E-state index contributed by atoms with van der Waals surface area (Å²) in [7, 11) is 0. The lowest BCUT2D eigenvalue weighted by atomic mass is 10.1. The minimum Gasteiger partial charge on any atom is -0.352 e. The van der Waals surface area contributed by atoms with Crippen LogP contribution < -0.4 is 10.6 Å². The molecule has 3 rings (SSSR count). The number of amides is 1. The second-order valence-electron chi connectivity index (χ2n) is 5.64. The zero-order valence-electron chi connectivity index (χ0n) is 11.2. The van der Waals surface area contributed by atoms with Crippen molar-refractivity contribution in [1.29, 1.82) is 0 Å². The van der Waals surface area contributed by atoms with Gasteiger partial charge in [-0.05, 0) is 43.4 Å². The molecule has 1 aliphatic heterocycles. The zero-order valence-corrected chi connectivity index (χ0v) is 11.2. The molecule has 2 N–H and O–H groups in total. The van der Waals surface area contributed by atoms with E-state index in [-0.39, 0.29) is 23.8 Å². The molecule has 2 aliphatic rings. The molecule has 5 heteroatoms. The van der Waals surface area contributed by atoms with Gasteiger partial charge in [-0.3, -0.25) is 4.79 Å². The molecule has 0 radical (unpaired) electrons. The second-order valence-corrected chi connectivity index (χ2v) is 5.64. The molecule has 3 atom stereocenters. The van der Waals surface area contributed by atoms with Gasteiger partial charge in [-0.1, -0.05) is 12.1 Å². The molecule has 2 fully saturated rings. The Morgan fingerprint density at radius 3 is 2.95 bits per heavy atom. The van der Waals surface area contributed by atoms with Crippen LogP contribution in [-0.2, 0) is 4.79 Å². The molecule has 1 amide bonds.